The molecule has 4 nitrogen and oxygen atoms in total. The van der Waals surface area contributed by atoms with Crippen LogP contribution in [0.25, 0.3) is 0 Å². The van der Waals surface area contributed by atoms with Crippen molar-refractivity contribution in [2.45, 2.75) is 38.7 Å². The Morgan fingerprint density at radius 3 is 2.79 bits per heavy atom. The quantitative estimate of drug-likeness (QED) is 0.555. The molecule has 0 bridgehead atoms. The monoisotopic (exact) mass is 201 g/mol. The van der Waals surface area contributed by atoms with Crippen molar-refractivity contribution in [2.75, 3.05) is 19.7 Å². The summed E-state index contributed by atoms with van der Waals surface area (Å²) in [5, 5.41) is 3.21. The summed E-state index contributed by atoms with van der Waals surface area (Å²) in [7, 11) is 0. The van der Waals surface area contributed by atoms with Crippen molar-refractivity contribution in [3.8, 4) is 0 Å². The number of piperidine rings is 1. The van der Waals surface area contributed by atoms with Gasteiger partial charge < -0.3 is 14.8 Å². The lowest BCUT2D eigenvalue weighted by molar-refractivity contribution is 0.0132. The Kier molecular flexibility index (Phi) is 5.37. The van der Waals surface area contributed by atoms with Crippen LogP contribution in [-0.4, -0.2) is 32.0 Å². The lowest BCUT2D eigenvalue weighted by Gasteiger charge is -2.22. The Labute approximate surface area is 85.0 Å². The third kappa shape index (κ3) is 4.46. The zero-order valence-electron chi connectivity index (χ0n) is 8.75. The largest absolute Gasteiger partial charge is 0.508 e. The Morgan fingerprint density at radius 2 is 2.14 bits per heavy atom. The predicted octanol–water partition coefficient (Wildman–Crippen LogP) is 1.69. The summed E-state index contributed by atoms with van der Waals surface area (Å²) < 4.78 is 10.0. The number of rotatable bonds is 4. The second-order valence-corrected chi connectivity index (χ2v) is 3.52. The molecule has 0 aliphatic carbocycles. The van der Waals surface area contributed by atoms with Crippen molar-refractivity contribution in [3.63, 3.8) is 0 Å². The summed E-state index contributed by atoms with van der Waals surface area (Å²) in [6, 6.07) is 0. The van der Waals surface area contributed by atoms with E-state index in [0.717, 1.165) is 38.8 Å². The molecule has 0 radical (unpaired) electrons. The molecule has 14 heavy (non-hydrogen) atoms. The summed E-state index contributed by atoms with van der Waals surface area (Å²) >= 11 is 0. The zero-order valence-corrected chi connectivity index (χ0v) is 8.75. The molecule has 1 aliphatic heterocycles. The number of hydrogen-bond acceptors (Lipinski definition) is 4. The van der Waals surface area contributed by atoms with Crippen LogP contribution in [-0.2, 0) is 9.47 Å². The Hall–Kier alpha value is -0.770. The molecule has 1 saturated heterocycles. The van der Waals surface area contributed by atoms with Crippen molar-refractivity contribution in [1.82, 2.24) is 5.32 Å². The second-order valence-electron chi connectivity index (χ2n) is 3.52. The molecule has 0 aromatic heterocycles. The van der Waals surface area contributed by atoms with E-state index in [2.05, 4.69) is 12.2 Å². The standard InChI is InChI=1S/C10H19NO3/c1-2-3-8-13-10(12)14-9-4-6-11-7-5-9/h9,11H,2-8H2,1H3. The topological polar surface area (TPSA) is 47.6 Å². The zero-order chi connectivity index (χ0) is 10.2. The first kappa shape index (κ1) is 11.3. The van der Waals surface area contributed by atoms with E-state index >= 15 is 0 Å². The minimum absolute atomic E-state index is 0.0466. The molecule has 0 amide bonds. The van der Waals surface area contributed by atoms with Crippen LogP contribution in [0.3, 0.4) is 0 Å². The third-order valence-electron chi connectivity index (χ3n) is 2.27. The highest BCUT2D eigenvalue weighted by Crippen LogP contribution is 2.08. The highest BCUT2D eigenvalue weighted by molar-refractivity contribution is 5.60. The van der Waals surface area contributed by atoms with E-state index in [1.165, 1.54) is 0 Å². The van der Waals surface area contributed by atoms with Crippen molar-refractivity contribution in [1.29, 1.82) is 0 Å². The van der Waals surface area contributed by atoms with Crippen LogP contribution in [0.2, 0.25) is 0 Å². The van der Waals surface area contributed by atoms with Gasteiger partial charge >= 0.3 is 6.16 Å². The van der Waals surface area contributed by atoms with Gasteiger partial charge in [0.05, 0.1) is 6.61 Å². The fraction of sp³-hybridized carbons (Fsp3) is 0.900. The minimum Gasteiger partial charge on any atom is -0.434 e. The van der Waals surface area contributed by atoms with Crippen molar-refractivity contribution in [2.24, 2.45) is 0 Å². The molecular formula is C10H19NO3. The van der Waals surface area contributed by atoms with Crippen LogP contribution in [0.5, 0.6) is 0 Å². The number of ether oxygens (including phenoxy) is 2. The molecule has 0 aromatic rings. The molecule has 1 fully saturated rings. The molecule has 1 heterocycles. The molecule has 0 aromatic carbocycles. The Morgan fingerprint density at radius 1 is 1.43 bits per heavy atom. The first-order valence-electron chi connectivity index (χ1n) is 5.37. The van der Waals surface area contributed by atoms with Gasteiger partial charge in [0.2, 0.25) is 0 Å². The maximum Gasteiger partial charge on any atom is 0.508 e. The smallest absolute Gasteiger partial charge is 0.434 e. The lowest BCUT2D eigenvalue weighted by atomic mass is 10.1. The summed E-state index contributed by atoms with van der Waals surface area (Å²) in [6.07, 6.45) is 3.25. The van der Waals surface area contributed by atoms with E-state index in [1.54, 1.807) is 0 Å². The number of carbonyl (C=O) groups is 1. The van der Waals surface area contributed by atoms with Crippen LogP contribution in [0.1, 0.15) is 32.6 Å². The molecule has 4 heteroatoms. The van der Waals surface area contributed by atoms with Crippen LogP contribution in [0, 0.1) is 0 Å². The van der Waals surface area contributed by atoms with Gasteiger partial charge in [-0.2, -0.15) is 0 Å². The van der Waals surface area contributed by atoms with Gasteiger partial charge in [-0.3, -0.25) is 0 Å². The maximum atomic E-state index is 11.1. The van der Waals surface area contributed by atoms with Gasteiger partial charge in [-0.05, 0) is 32.4 Å². The first-order valence-corrected chi connectivity index (χ1v) is 5.37. The van der Waals surface area contributed by atoms with E-state index in [4.69, 9.17) is 9.47 Å². The number of carbonyl (C=O) groups excluding carboxylic acids is 1. The molecule has 0 unspecified atom stereocenters. The van der Waals surface area contributed by atoms with E-state index in [1.807, 2.05) is 0 Å². The van der Waals surface area contributed by atoms with Gasteiger partial charge in [-0.25, -0.2) is 4.79 Å². The predicted molar refractivity (Wildman–Crippen MR) is 53.2 cm³/mol. The number of nitrogens with one attached hydrogen (secondary N) is 1. The number of hydrogen-bond donors (Lipinski definition) is 1. The van der Waals surface area contributed by atoms with Gasteiger partial charge in [-0.1, -0.05) is 13.3 Å². The fourth-order valence-electron chi connectivity index (χ4n) is 1.38. The molecule has 1 rings (SSSR count). The van der Waals surface area contributed by atoms with Crippen molar-refractivity contribution >= 4 is 6.16 Å². The van der Waals surface area contributed by atoms with Crippen molar-refractivity contribution in [3.05, 3.63) is 0 Å². The molecule has 0 spiro atoms. The molecule has 82 valence electrons. The van der Waals surface area contributed by atoms with Crippen LogP contribution in [0.4, 0.5) is 4.79 Å². The molecule has 1 N–H and O–H groups in total. The SMILES string of the molecule is CCCCOC(=O)OC1CCNCC1. The van der Waals surface area contributed by atoms with E-state index in [0.29, 0.717) is 6.61 Å². The fourth-order valence-corrected chi connectivity index (χ4v) is 1.38. The molecule has 0 atom stereocenters. The highest BCUT2D eigenvalue weighted by atomic mass is 16.7. The van der Waals surface area contributed by atoms with Gasteiger partial charge in [0.15, 0.2) is 0 Å². The van der Waals surface area contributed by atoms with Gasteiger partial charge in [-0.15, -0.1) is 0 Å². The Balaban J connectivity index is 2.06. The molecule has 0 saturated carbocycles. The van der Waals surface area contributed by atoms with E-state index in [9.17, 15) is 4.79 Å². The summed E-state index contributed by atoms with van der Waals surface area (Å²) in [5.74, 6) is 0. The first-order chi connectivity index (χ1) is 6.83. The van der Waals surface area contributed by atoms with Crippen LogP contribution >= 0.6 is 0 Å². The molecule has 1 aliphatic rings. The van der Waals surface area contributed by atoms with Crippen LogP contribution in [0.15, 0.2) is 0 Å². The summed E-state index contributed by atoms with van der Waals surface area (Å²) in [6.45, 7) is 4.38. The van der Waals surface area contributed by atoms with Gasteiger partial charge in [0.25, 0.3) is 0 Å². The maximum absolute atomic E-state index is 11.1. The van der Waals surface area contributed by atoms with Gasteiger partial charge in [0, 0.05) is 0 Å². The Bertz CT molecular complexity index is 167. The van der Waals surface area contributed by atoms with Gasteiger partial charge in [0.1, 0.15) is 6.10 Å². The summed E-state index contributed by atoms with van der Waals surface area (Å²) in [5.41, 5.74) is 0. The minimum atomic E-state index is -0.509. The summed E-state index contributed by atoms with van der Waals surface area (Å²) in [4.78, 5) is 11.1. The van der Waals surface area contributed by atoms with E-state index in [-0.39, 0.29) is 6.10 Å². The second kappa shape index (κ2) is 6.65. The van der Waals surface area contributed by atoms with Crippen molar-refractivity contribution < 1.29 is 14.3 Å². The van der Waals surface area contributed by atoms with E-state index < -0.39 is 6.16 Å². The molecular weight excluding hydrogens is 182 g/mol. The average molecular weight is 201 g/mol. The lowest BCUT2D eigenvalue weighted by Crippen LogP contribution is -2.33. The highest BCUT2D eigenvalue weighted by Gasteiger charge is 2.17. The third-order valence-corrected chi connectivity index (χ3v) is 2.27. The average Bonchev–Trinajstić information content (AvgIpc) is 2.20. The van der Waals surface area contributed by atoms with Crippen LogP contribution < -0.4 is 5.32 Å². The number of unbranched alkanes of at least 4 members (excludes halogenated alkanes) is 1. The normalized spacial score (nSPS) is 17.8.